The minimum absolute atomic E-state index is 0.0477. The molecule has 1 rings (SSSR count). The highest BCUT2D eigenvalue weighted by atomic mass is 16.3. The molecule has 0 spiro atoms. The highest BCUT2D eigenvalue weighted by molar-refractivity contribution is 5.92. The fourth-order valence-corrected chi connectivity index (χ4v) is 1.42. The van der Waals surface area contributed by atoms with Crippen LogP contribution < -0.4 is 5.73 Å². The van der Waals surface area contributed by atoms with Gasteiger partial charge in [-0.2, -0.15) is 0 Å². The fraction of sp³-hybridized carbons (Fsp3) is 0.545. The number of hydrogen-bond acceptors (Lipinski definition) is 3. The molecule has 0 unspecified atom stereocenters. The summed E-state index contributed by atoms with van der Waals surface area (Å²) in [5.41, 5.74) is 6.30. The Morgan fingerprint density at radius 3 is 2.80 bits per heavy atom. The topological polar surface area (TPSA) is 59.5 Å². The molecule has 0 fully saturated rings. The van der Waals surface area contributed by atoms with Crippen LogP contribution in [0.4, 0.5) is 0 Å². The number of carbonyl (C=O) groups is 1. The van der Waals surface area contributed by atoms with Crippen LogP contribution in [0.5, 0.6) is 0 Å². The number of aryl methyl sites for hydroxylation is 1. The molecule has 0 aliphatic heterocycles. The molecular weight excluding hydrogens is 192 g/mol. The number of nitrogens with zero attached hydrogens (tertiary/aromatic N) is 1. The number of rotatable bonds is 5. The Hall–Kier alpha value is -1.29. The van der Waals surface area contributed by atoms with E-state index in [-0.39, 0.29) is 5.91 Å². The average Bonchev–Trinajstić information content (AvgIpc) is 2.65. The zero-order chi connectivity index (χ0) is 11.3. The number of carbonyl (C=O) groups excluding carboxylic acids is 1. The molecule has 4 nitrogen and oxygen atoms in total. The first kappa shape index (κ1) is 11.8. The van der Waals surface area contributed by atoms with Crippen LogP contribution >= 0.6 is 0 Å². The molecule has 4 heteroatoms. The van der Waals surface area contributed by atoms with E-state index < -0.39 is 0 Å². The lowest BCUT2D eigenvalue weighted by atomic mass is 10.2. The van der Waals surface area contributed by atoms with E-state index in [0.717, 1.165) is 12.0 Å². The molecule has 0 saturated heterocycles. The standard InChI is InChI=1S/C11H18N2O2/c1-3-13(7-4-6-12)11(14)10-9(2)5-8-15-10/h5,8H,3-4,6-7,12H2,1-2H3. The number of amides is 1. The van der Waals surface area contributed by atoms with Crippen molar-refractivity contribution in [1.82, 2.24) is 4.90 Å². The molecule has 84 valence electrons. The first-order chi connectivity index (χ1) is 7.20. The van der Waals surface area contributed by atoms with Crippen LogP contribution in [-0.2, 0) is 0 Å². The zero-order valence-corrected chi connectivity index (χ0v) is 9.32. The molecule has 0 aliphatic rings. The maximum Gasteiger partial charge on any atom is 0.289 e. The molecule has 1 amide bonds. The lowest BCUT2D eigenvalue weighted by Crippen LogP contribution is -2.32. The smallest absolute Gasteiger partial charge is 0.289 e. The molecule has 0 aromatic carbocycles. The monoisotopic (exact) mass is 210 g/mol. The first-order valence-electron chi connectivity index (χ1n) is 5.24. The van der Waals surface area contributed by atoms with Crippen molar-refractivity contribution in [3.63, 3.8) is 0 Å². The van der Waals surface area contributed by atoms with Gasteiger partial charge in [-0.15, -0.1) is 0 Å². The van der Waals surface area contributed by atoms with Crippen LogP contribution in [0.2, 0.25) is 0 Å². The quantitative estimate of drug-likeness (QED) is 0.799. The van der Waals surface area contributed by atoms with Crippen LogP contribution in [0.3, 0.4) is 0 Å². The summed E-state index contributed by atoms with van der Waals surface area (Å²) < 4.78 is 5.17. The Kier molecular flexibility index (Phi) is 4.37. The summed E-state index contributed by atoms with van der Waals surface area (Å²) in [5, 5.41) is 0. The summed E-state index contributed by atoms with van der Waals surface area (Å²) in [6.07, 6.45) is 2.36. The molecular formula is C11H18N2O2. The molecule has 2 N–H and O–H groups in total. The van der Waals surface area contributed by atoms with Crippen molar-refractivity contribution in [3.05, 3.63) is 23.7 Å². The van der Waals surface area contributed by atoms with Gasteiger partial charge in [0.2, 0.25) is 0 Å². The van der Waals surface area contributed by atoms with Gasteiger partial charge in [-0.25, -0.2) is 0 Å². The molecule has 0 atom stereocenters. The van der Waals surface area contributed by atoms with Crippen LogP contribution in [0.25, 0.3) is 0 Å². The van der Waals surface area contributed by atoms with E-state index in [1.807, 2.05) is 13.8 Å². The van der Waals surface area contributed by atoms with Crippen molar-refractivity contribution >= 4 is 5.91 Å². The van der Waals surface area contributed by atoms with Crippen molar-refractivity contribution in [1.29, 1.82) is 0 Å². The molecule has 0 aliphatic carbocycles. The van der Waals surface area contributed by atoms with Gasteiger partial charge in [0.25, 0.3) is 5.91 Å². The first-order valence-corrected chi connectivity index (χ1v) is 5.24. The van der Waals surface area contributed by atoms with Crippen molar-refractivity contribution < 1.29 is 9.21 Å². The third-order valence-corrected chi connectivity index (χ3v) is 2.36. The summed E-state index contributed by atoms with van der Waals surface area (Å²) >= 11 is 0. The summed E-state index contributed by atoms with van der Waals surface area (Å²) in [7, 11) is 0. The Bertz CT molecular complexity index is 320. The second kappa shape index (κ2) is 5.56. The van der Waals surface area contributed by atoms with Gasteiger partial charge in [0, 0.05) is 18.7 Å². The number of furan rings is 1. The Morgan fingerprint density at radius 1 is 1.60 bits per heavy atom. The van der Waals surface area contributed by atoms with Gasteiger partial charge in [0.15, 0.2) is 5.76 Å². The second-order valence-corrected chi connectivity index (χ2v) is 3.46. The molecule has 0 radical (unpaired) electrons. The molecule has 0 bridgehead atoms. The molecule has 15 heavy (non-hydrogen) atoms. The SMILES string of the molecule is CCN(CCCN)C(=O)c1occc1C. The maximum atomic E-state index is 12.0. The summed E-state index contributed by atoms with van der Waals surface area (Å²) in [6, 6.07) is 1.80. The van der Waals surface area contributed by atoms with Crippen molar-refractivity contribution in [3.8, 4) is 0 Å². The minimum Gasteiger partial charge on any atom is -0.459 e. The Balaban J connectivity index is 2.69. The van der Waals surface area contributed by atoms with Gasteiger partial charge >= 0.3 is 0 Å². The molecule has 1 aromatic heterocycles. The van der Waals surface area contributed by atoms with E-state index in [1.54, 1.807) is 17.2 Å². The predicted octanol–water partition coefficient (Wildman–Crippen LogP) is 1.40. The van der Waals surface area contributed by atoms with Gasteiger partial charge < -0.3 is 15.1 Å². The highest BCUT2D eigenvalue weighted by Crippen LogP contribution is 2.12. The van der Waals surface area contributed by atoms with Gasteiger partial charge in [0.05, 0.1) is 6.26 Å². The van der Waals surface area contributed by atoms with Crippen molar-refractivity contribution in [2.45, 2.75) is 20.3 Å². The lowest BCUT2D eigenvalue weighted by molar-refractivity contribution is 0.0730. The van der Waals surface area contributed by atoms with Crippen LogP contribution in [0.1, 0.15) is 29.5 Å². The third kappa shape index (κ3) is 2.83. The third-order valence-electron chi connectivity index (χ3n) is 2.36. The van der Waals surface area contributed by atoms with Gasteiger partial charge in [-0.1, -0.05) is 0 Å². The molecule has 1 aromatic rings. The van der Waals surface area contributed by atoms with E-state index in [0.29, 0.717) is 25.4 Å². The summed E-state index contributed by atoms with van der Waals surface area (Å²) in [6.45, 7) is 5.78. The Labute approximate surface area is 90.0 Å². The van der Waals surface area contributed by atoms with E-state index in [4.69, 9.17) is 10.2 Å². The Morgan fingerprint density at radius 2 is 2.33 bits per heavy atom. The lowest BCUT2D eigenvalue weighted by Gasteiger charge is -2.19. The maximum absolute atomic E-state index is 12.0. The van der Waals surface area contributed by atoms with Crippen molar-refractivity contribution in [2.24, 2.45) is 5.73 Å². The fourth-order valence-electron chi connectivity index (χ4n) is 1.42. The van der Waals surface area contributed by atoms with E-state index in [2.05, 4.69) is 0 Å². The zero-order valence-electron chi connectivity index (χ0n) is 9.32. The predicted molar refractivity (Wildman–Crippen MR) is 58.7 cm³/mol. The minimum atomic E-state index is -0.0477. The highest BCUT2D eigenvalue weighted by Gasteiger charge is 2.18. The van der Waals surface area contributed by atoms with E-state index in [9.17, 15) is 4.79 Å². The average molecular weight is 210 g/mol. The molecule has 0 saturated carbocycles. The second-order valence-electron chi connectivity index (χ2n) is 3.46. The number of hydrogen-bond donors (Lipinski definition) is 1. The normalized spacial score (nSPS) is 10.3. The van der Waals surface area contributed by atoms with Gasteiger partial charge in [-0.05, 0) is 32.9 Å². The van der Waals surface area contributed by atoms with Crippen LogP contribution in [0, 0.1) is 6.92 Å². The summed E-state index contributed by atoms with van der Waals surface area (Å²) in [4.78, 5) is 13.7. The van der Waals surface area contributed by atoms with Gasteiger partial charge in [-0.3, -0.25) is 4.79 Å². The van der Waals surface area contributed by atoms with Crippen LogP contribution in [0.15, 0.2) is 16.7 Å². The summed E-state index contributed by atoms with van der Waals surface area (Å²) in [5.74, 6) is 0.391. The largest absolute Gasteiger partial charge is 0.459 e. The van der Waals surface area contributed by atoms with Gasteiger partial charge in [0.1, 0.15) is 0 Å². The number of nitrogens with two attached hydrogens (primary N) is 1. The van der Waals surface area contributed by atoms with Crippen LogP contribution in [-0.4, -0.2) is 30.4 Å². The molecule has 1 heterocycles. The van der Waals surface area contributed by atoms with E-state index >= 15 is 0 Å². The van der Waals surface area contributed by atoms with Crippen molar-refractivity contribution in [2.75, 3.05) is 19.6 Å². The van der Waals surface area contributed by atoms with E-state index in [1.165, 1.54) is 0 Å².